The minimum absolute atomic E-state index is 0.0622. The number of methoxy groups -OCH3 is 2. The van der Waals surface area contributed by atoms with E-state index in [0.29, 0.717) is 36.6 Å². The Morgan fingerprint density at radius 2 is 1.88 bits per heavy atom. The zero-order chi connectivity index (χ0) is 17.8. The van der Waals surface area contributed by atoms with Crippen LogP contribution >= 0.6 is 0 Å². The number of ether oxygens (including phenoxy) is 2. The monoisotopic (exact) mass is 343 g/mol. The molecule has 0 spiro atoms. The third-order valence-corrected chi connectivity index (χ3v) is 4.51. The number of para-hydroxylation sites is 1. The number of fused-ring (bicyclic) bond motifs is 1. The molecule has 4 nitrogen and oxygen atoms in total. The summed E-state index contributed by atoms with van der Waals surface area (Å²) in [5, 5.41) is 0. The molecule has 0 saturated heterocycles. The second kappa shape index (κ2) is 7.55. The zero-order valence-corrected chi connectivity index (χ0v) is 14.5. The number of carbonyl (C=O) groups excluding carboxylic acids is 1. The Balaban J connectivity index is 1.74. The number of aryl methyl sites for hydroxylation is 2. The van der Waals surface area contributed by atoms with Gasteiger partial charge in [0, 0.05) is 19.0 Å². The fraction of sp³-hybridized carbons (Fsp3) is 0.350. The number of rotatable bonds is 5. The third-order valence-electron chi connectivity index (χ3n) is 4.51. The van der Waals surface area contributed by atoms with Crippen molar-refractivity contribution in [2.24, 2.45) is 0 Å². The van der Waals surface area contributed by atoms with Crippen LogP contribution in [0.3, 0.4) is 0 Å². The number of hydrogen-bond donors (Lipinski definition) is 0. The second-order valence-electron chi connectivity index (χ2n) is 6.12. The van der Waals surface area contributed by atoms with E-state index < -0.39 is 0 Å². The maximum absolute atomic E-state index is 14.2. The van der Waals surface area contributed by atoms with E-state index in [1.165, 1.54) is 6.07 Å². The molecule has 1 aliphatic heterocycles. The fourth-order valence-corrected chi connectivity index (χ4v) is 3.25. The van der Waals surface area contributed by atoms with Crippen molar-refractivity contribution in [2.45, 2.75) is 25.7 Å². The standard InChI is InChI=1S/C20H22FNO3/c1-24-16-11-14(12-17(13-16)25-2)8-9-19(23)22-10-4-6-15-5-3-7-18(21)20(15)22/h3,5,7,11-13H,4,6,8-10H2,1-2H3. The van der Waals surface area contributed by atoms with Gasteiger partial charge in [-0.3, -0.25) is 4.79 Å². The fourth-order valence-electron chi connectivity index (χ4n) is 3.25. The first-order valence-electron chi connectivity index (χ1n) is 8.42. The summed E-state index contributed by atoms with van der Waals surface area (Å²) in [6.07, 6.45) is 2.52. The lowest BCUT2D eigenvalue weighted by Gasteiger charge is -2.30. The minimum atomic E-state index is -0.325. The molecule has 1 aliphatic rings. The van der Waals surface area contributed by atoms with Crippen molar-refractivity contribution in [1.29, 1.82) is 0 Å². The van der Waals surface area contributed by atoms with Gasteiger partial charge in [0.05, 0.1) is 19.9 Å². The number of hydrogen-bond acceptors (Lipinski definition) is 3. The molecule has 132 valence electrons. The lowest BCUT2D eigenvalue weighted by Crippen LogP contribution is -2.36. The molecule has 2 aromatic carbocycles. The van der Waals surface area contributed by atoms with Gasteiger partial charge < -0.3 is 14.4 Å². The highest BCUT2D eigenvalue weighted by molar-refractivity contribution is 5.94. The molecule has 0 saturated carbocycles. The summed E-state index contributed by atoms with van der Waals surface area (Å²) in [6.45, 7) is 0.564. The van der Waals surface area contributed by atoms with E-state index in [1.807, 2.05) is 18.2 Å². The summed E-state index contributed by atoms with van der Waals surface area (Å²) in [7, 11) is 3.19. The van der Waals surface area contributed by atoms with Gasteiger partial charge in [0.15, 0.2) is 0 Å². The van der Waals surface area contributed by atoms with Crippen molar-refractivity contribution in [3.8, 4) is 11.5 Å². The van der Waals surface area contributed by atoms with Gasteiger partial charge in [-0.1, -0.05) is 12.1 Å². The molecule has 3 rings (SSSR count). The van der Waals surface area contributed by atoms with E-state index in [-0.39, 0.29) is 11.7 Å². The van der Waals surface area contributed by atoms with Gasteiger partial charge in [0.1, 0.15) is 17.3 Å². The van der Waals surface area contributed by atoms with Crippen LogP contribution in [0.25, 0.3) is 0 Å². The molecule has 0 aliphatic carbocycles. The van der Waals surface area contributed by atoms with Crippen LogP contribution in [-0.4, -0.2) is 26.7 Å². The molecule has 0 fully saturated rings. The van der Waals surface area contributed by atoms with Crippen LogP contribution in [0.2, 0.25) is 0 Å². The molecule has 2 aromatic rings. The van der Waals surface area contributed by atoms with Gasteiger partial charge in [-0.15, -0.1) is 0 Å². The maximum atomic E-state index is 14.2. The van der Waals surface area contributed by atoms with Gasteiger partial charge >= 0.3 is 0 Å². The minimum Gasteiger partial charge on any atom is -0.497 e. The SMILES string of the molecule is COc1cc(CCC(=O)N2CCCc3cccc(F)c32)cc(OC)c1. The van der Waals surface area contributed by atoms with Crippen molar-refractivity contribution in [1.82, 2.24) is 0 Å². The summed E-state index contributed by atoms with van der Waals surface area (Å²) >= 11 is 0. The Morgan fingerprint density at radius 3 is 2.56 bits per heavy atom. The molecular formula is C20H22FNO3. The van der Waals surface area contributed by atoms with Gasteiger partial charge in [0.2, 0.25) is 5.91 Å². The Morgan fingerprint density at radius 1 is 1.16 bits per heavy atom. The molecule has 5 heteroatoms. The predicted molar refractivity (Wildman–Crippen MR) is 94.9 cm³/mol. The molecule has 0 aromatic heterocycles. The first-order valence-corrected chi connectivity index (χ1v) is 8.42. The molecule has 1 heterocycles. The number of halogens is 1. The van der Waals surface area contributed by atoms with E-state index in [0.717, 1.165) is 24.0 Å². The maximum Gasteiger partial charge on any atom is 0.227 e. The van der Waals surface area contributed by atoms with Crippen LogP contribution in [0.5, 0.6) is 11.5 Å². The van der Waals surface area contributed by atoms with Crippen molar-refractivity contribution >= 4 is 11.6 Å². The number of carbonyl (C=O) groups is 1. The lowest BCUT2D eigenvalue weighted by molar-refractivity contribution is -0.118. The van der Waals surface area contributed by atoms with Crippen LogP contribution in [0, 0.1) is 5.82 Å². The molecule has 0 unspecified atom stereocenters. The van der Waals surface area contributed by atoms with Crippen molar-refractivity contribution in [2.75, 3.05) is 25.7 Å². The van der Waals surface area contributed by atoms with Gasteiger partial charge in [-0.05, 0) is 48.6 Å². The van der Waals surface area contributed by atoms with Crippen LogP contribution in [0.1, 0.15) is 24.0 Å². The number of nitrogens with zero attached hydrogens (tertiary/aromatic N) is 1. The summed E-state index contributed by atoms with van der Waals surface area (Å²) in [5.41, 5.74) is 2.31. The van der Waals surface area contributed by atoms with Crippen molar-refractivity contribution < 1.29 is 18.7 Å². The summed E-state index contributed by atoms with van der Waals surface area (Å²) in [6, 6.07) is 10.6. The Kier molecular flexibility index (Phi) is 5.22. The highest BCUT2D eigenvalue weighted by Gasteiger charge is 2.25. The molecule has 0 bridgehead atoms. The van der Waals surface area contributed by atoms with Gasteiger partial charge in [-0.25, -0.2) is 4.39 Å². The quantitative estimate of drug-likeness (QED) is 0.830. The van der Waals surface area contributed by atoms with Crippen molar-refractivity contribution in [3.05, 3.63) is 53.3 Å². The van der Waals surface area contributed by atoms with Crippen molar-refractivity contribution in [3.63, 3.8) is 0 Å². The Labute approximate surface area is 147 Å². The highest BCUT2D eigenvalue weighted by atomic mass is 19.1. The van der Waals surface area contributed by atoms with Crippen LogP contribution < -0.4 is 14.4 Å². The van der Waals surface area contributed by atoms with Gasteiger partial charge in [0.25, 0.3) is 0 Å². The van der Waals surface area contributed by atoms with Crippen LogP contribution in [-0.2, 0) is 17.6 Å². The van der Waals surface area contributed by atoms with E-state index >= 15 is 0 Å². The molecule has 1 amide bonds. The van der Waals surface area contributed by atoms with E-state index in [4.69, 9.17) is 9.47 Å². The average Bonchev–Trinajstić information content (AvgIpc) is 2.65. The summed E-state index contributed by atoms with van der Waals surface area (Å²) in [5.74, 6) is 0.994. The number of amides is 1. The van der Waals surface area contributed by atoms with Crippen LogP contribution in [0.15, 0.2) is 36.4 Å². The Bertz CT molecular complexity index is 753. The molecular weight excluding hydrogens is 321 g/mol. The lowest BCUT2D eigenvalue weighted by atomic mass is 10.0. The smallest absolute Gasteiger partial charge is 0.227 e. The first kappa shape index (κ1) is 17.3. The number of benzene rings is 2. The normalized spacial score (nSPS) is 13.3. The Hall–Kier alpha value is -2.56. The topological polar surface area (TPSA) is 38.8 Å². The zero-order valence-electron chi connectivity index (χ0n) is 14.5. The summed E-state index contributed by atoms with van der Waals surface area (Å²) in [4.78, 5) is 14.3. The summed E-state index contributed by atoms with van der Waals surface area (Å²) < 4.78 is 24.7. The van der Waals surface area contributed by atoms with Crippen LogP contribution in [0.4, 0.5) is 10.1 Å². The van der Waals surface area contributed by atoms with Gasteiger partial charge in [-0.2, -0.15) is 0 Å². The van der Waals surface area contributed by atoms with E-state index in [2.05, 4.69) is 0 Å². The largest absolute Gasteiger partial charge is 0.497 e. The second-order valence-corrected chi connectivity index (χ2v) is 6.12. The average molecular weight is 343 g/mol. The van der Waals surface area contributed by atoms with E-state index in [1.54, 1.807) is 31.3 Å². The first-order chi connectivity index (χ1) is 12.1. The molecule has 0 radical (unpaired) electrons. The highest BCUT2D eigenvalue weighted by Crippen LogP contribution is 2.31. The molecule has 0 atom stereocenters. The molecule has 0 N–H and O–H groups in total. The third kappa shape index (κ3) is 3.76. The number of anilines is 1. The van der Waals surface area contributed by atoms with E-state index in [9.17, 15) is 9.18 Å². The predicted octanol–water partition coefficient (Wildman–Crippen LogP) is 3.75. The molecule has 25 heavy (non-hydrogen) atoms.